The van der Waals surface area contributed by atoms with Crippen molar-refractivity contribution < 1.29 is 19.0 Å². The molecule has 26 heavy (non-hydrogen) atoms. The van der Waals surface area contributed by atoms with Gasteiger partial charge in [-0.05, 0) is 49.2 Å². The molecule has 0 saturated carbocycles. The Labute approximate surface area is 153 Å². The molecule has 2 N–H and O–H groups in total. The van der Waals surface area contributed by atoms with Crippen molar-refractivity contribution in [2.24, 2.45) is 0 Å². The third kappa shape index (κ3) is 4.81. The van der Waals surface area contributed by atoms with E-state index < -0.39 is 0 Å². The van der Waals surface area contributed by atoms with Gasteiger partial charge < -0.3 is 24.8 Å². The van der Waals surface area contributed by atoms with Crippen LogP contribution in [-0.4, -0.2) is 32.4 Å². The minimum Gasteiger partial charge on any atom is -0.492 e. The van der Waals surface area contributed by atoms with E-state index in [-0.39, 0.29) is 12.1 Å². The third-order valence-electron chi connectivity index (χ3n) is 4.06. The van der Waals surface area contributed by atoms with Crippen LogP contribution in [0.5, 0.6) is 17.2 Å². The number of hydrogen-bond donors (Lipinski definition) is 2. The average molecular weight is 356 g/mol. The first-order valence-corrected chi connectivity index (χ1v) is 8.75. The highest BCUT2D eigenvalue weighted by molar-refractivity contribution is 5.74. The molecule has 0 aliphatic carbocycles. The van der Waals surface area contributed by atoms with E-state index in [1.165, 1.54) is 0 Å². The lowest BCUT2D eigenvalue weighted by Crippen LogP contribution is -2.39. The summed E-state index contributed by atoms with van der Waals surface area (Å²) in [7, 11) is 0. The number of aryl methyl sites for hydroxylation is 1. The second-order valence-electron chi connectivity index (χ2n) is 6.19. The average Bonchev–Trinajstić information content (AvgIpc) is 2.65. The molecule has 1 unspecified atom stereocenters. The first-order valence-electron chi connectivity index (χ1n) is 8.75. The highest BCUT2D eigenvalue weighted by Crippen LogP contribution is 2.32. The van der Waals surface area contributed by atoms with E-state index >= 15 is 0 Å². The molecule has 6 heteroatoms. The summed E-state index contributed by atoms with van der Waals surface area (Å²) in [5, 5.41) is 5.71. The van der Waals surface area contributed by atoms with E-state index in [0.29, 0.717) is 26.4 Å². The molecule has 1 atom stereocenters. The van der Waals surface area contributed by atoms with Crippen LogP contribution in [0.15, 0.2) is 42.5 Å². The molecule has 138 valence electrons. The number of ether oxygens (including phenoxy) is 3. The fraction of sp³-hybridized carbons (Fsp3) is 0.350. The van der Waals surface area contributed by atoms with Crippen LogP contribution in [0, 0.1) is 6.92 Å². The van der Waals surface area contributed by atoms with Crippen LogP contribution in [0.25, 0.3) is 0 Å². The van der Waals surface area contributed by atoms with Gasteiger partial charge in [-0.3, -0.25) is 0 Å². The first kappa shape index (κ1) is 17.9. The second kappa shape index (κ2) is 8.47. The molecule has 6 nitrogen and oxygen atoms in total. The number of carbonyl (C=O) groups is 1. The third-order valence-corrected chi connectivity index (χ3v) is 4.06. The standard InChI is InChI=1S/C20H24N2O4/c1-14-4-3-5-17(12-14)24-9-8-21-20(23)22-15(2)16-6-7-18-19(13-16)26-11-10-25-18/h3-7,12-13,15H,8-11H2,1-2H3,(H2,21,22,23). The van der Waals surface area contributed by atoms with Gasteiger partial charge in [0.25, 0.3) is 0 Å². The summed E-state index contributed by atoms with van der Waals surface area (Å²) in [4.78, 5) is 12.0. The molecule has 2 aromatic carbocycles. The van der Waals surface area contributed by atoms with Gasteiger partial charge in [-0.2, -0.15) is 0 Å². The normalized spacial score (nSPS) is 13.6. The molecule has 0 spiro atoms. The number of carbonyl (C=O) groups excluding carboxylic acids is 1. The van der Waals surface area contributed by atoms with Crippen molar-refractivity contribution in [3.63, 3.8) is 0 Å². The van der Waals surface area contributed by atoms with Gasteiger partial charge in [0, 0.05) is 0 Å². The molecule has 0 bridgehead atoms. The van der Waals surface area contributed by atoms with Crippen LogP contribution in [0.4, 0.5) is 4.79 Å². The number of benzene rings is 2. The van der Waals surface area contributed by atoms with Gasteiger partial charge in [0.2, 0.25) is 0 Å². The van der Waals surface area contributed by atoms with E-state index in [9.17, 15) is 4.79 Å². The molecule has 1 aliphatic rings. The molecule has 0 radical (unpaired) electrons. The van der Waals surface area contributed by atoms with Crippen molar-refractivity contribution >= 4 is 6.03 Å². The summed E-state index contributed by atoms with van der Waals surface area (Å²) in [6.07, 6.45) is 0. The quantitative estimate of drug-likeness (QED) is 0.780. The van der Waals surface area contributed by atoms with Gasteiger partial charge in [0.15, 0.2) is 11.5 Å². The Kier molecular flexibility index (Phi) is 5.84. The Hall–Kier alpha value is -2.89. The van der Waals surface area contributed by atoms with Gasteiger partial charge in [0.05, 0.1) is 12.6 Å². The fourth-order valence-corrected chi connectivity index (χ4v) is 2.70. The zero-order valence-corrected chi connectivity index (χ0v) is 15.1. The summed E-state index contributed by atoms with van der Waals surface area (Å²) < 4.78 is 16.7. The maximum atomic E-state index is 12.0. The lowest BCUT2D eigenvalue weighted by atomic mass is 10.1. The lowest BCUT2D eigenvalue weighted by molar-refractivity contribution is 0.171. The van der Waals surface area contributed by atoms with Crippen molar-refractivity contribution in [2.75, 3.05) is 26.4 Å². The van der Waals surface area contributed by atoms with Crippen molar-refractivity contribution in [3.8, 4) is 17.2 Å². The SMILES string of the molecule is Cc1cccc(OCCNC(=O)NC(C)c2ccc3c(c2)OCCO3)c1. The molecule has 1 aliphatic heterocycles. The topological polar surface area (TPSA) is 68.8 Å². The van der Waals surface area contributed by atoms with E-state index in [4.69, 9.17) is 14.2 Å². The number of amides is 2. The van der Waals surface area contributed by atoms with Crippen LogP contribution in [0.1, 0.15) is 24.1 Å². The Bertz CT molecular complexity index is 763. The molecule has 2 aromatic rings. The smallest absolute Gasteiger partial charge is 0.315 e. The Balaban J connectivity index is 1.42. The van der Waals surface area contributed by atoms with Gasteiger partial charge in [-0.25, -0.2) is 4.79 Å². The summed E-state index contributed by atoms with van der Waals surface area (Å²) in [6.45, 7) is 5.88. The van der Waals surface area contributed by atoms with Gasteiger partial charge >= 0.3 is 6.03 Å². The first-order chi connectivity index (χ1) is 12.6. The summed E-state index contributed by atoms with van der Waals surface area (Å²) in [6, 6.07) is 13.1. The molecule has 1 heterocycles. The highest BCUT2D eigenvalue weighted by Gasteiger charge is 2.15. The molecule has 2 amide bonds. The van der Waals surface area contributed by atoms with Crippen molar-refractivity contribution in [1.29, 1.82) is 0 Å². The molecular weight excluding hydrogens is 332 g/mol. The van der Waals surface area contributed by atoms with Crippen LogP contribution in [0.3, 0.4) is 0 Å². The van der Waals surface area contributed by atoms with Crippen LogP contribution in [0.2, 0.25) is 0 Å². The van der Waals surface area contributed by atoms with E-state index in [1.54, 1.807) is 0 Å². The zero-order valence-electron chi connectivity index (χ0n) is 15.1. The predicted molar refractivity (Wildman–Crippen MR) is 99.1 cm³/mol. The number of nitrogens with one attached hydrogen (secondary N) is 2. The second-order valence-corrected chi connectivity index (χ2v) is 6.19. The molecule has 3 rings (SSSR count). The van der Waals surface area contributed by atoms with Crippen LogP contribution in [-0.2, 0) is 0 Å². The monoisotopic (exact) mass is 356 g/mol. The van der Waals surface area contributed by atoms with Crippen molar-refractivity contribution in [3.05, 3.63) is 53.6 Å². The number of fused-ring (bicyclic) bond motifs is 1. The fourth-order valence-electron chi connectivity index (χ4n) is 2.70. The molecule has 0 aromatic heterocycles. The zero-order chi connectivity index (χ0) is 18.4. The summed E-state index contributed by atoms with van der Waals surface area (Å²) in [5.41, 5.74) is 2.10. The Morgan fingerprint density at radius 3 is 2.77 bits per heavy atom. The summed E-state index contributed by atoms with van der Waals surface area (Å²) in [5.74, 6) is 2.26. The molecule has 0 fully saturated rings. The van der Waals surface area contributed by atoms with E-state index in [0.717, 1.165) is 28.4 Å². The van der Waals surface area contributed by atoms with Crippen LogP contribution >= 0.6 is 0 Å². The van der Waals surface area contributed by atoms with Gasteiger partial charge in [0.1, 0.15) is 25.6 Å². The number of urea groups is 1. The highest BCUT2D eigenvalue weighted by atomic mass is 16.6. The molecular formula is C20H24N2O4. The number of rotatable bonds is 6. The number of hydrogen-bond acceptors (Lipinski definition) is 4. The largest absolute Gasteiger partial charge is 0.492 e. The molecule has 0 saturated heterocycles. The predicted octanol–water partition coefficient (Wildman–Crippen LogP) is 3.21. The van der Waals surface area contributed by atoms with E-state index in [1.807, 2.05) is 56.3 Å². The van der Waals surface area contributed by atoms with Crippen LogP contribution < -0.4 is 24.8 Å². The Morgan fingerprint density at radius 2 is 1.96 bits per heavy atom. The summed E-state index contributed by atoms with van der Waals surface area (Å²) >= 11 is 0. The lowest BCUT2D eigenvalue weighted by Gasteiger charge is -2.21. The Morgan fingerprint density at radius 1 is 1.15 bits per heavy atom. The maximum absolute atomic E-state index is 12.0. The maximum Gasteiger partial charge on any atom is 0.315 e. The van der Waals surface area contributed by atoms with Crippen molar-refractivity contribution in [1.82, 2.24) is 10.6 Å². The van der Waals surface area contributed by atoms with E-state index in [2.05, 4.69) is 10.6 Å². The minimum atomic E-state index is -0.236. The van der Waals surface area contributed by atoms with Gasteiger partial charge in [-0.15, -0.1) is 0 Å². The minimum absolute atomic E-state index is 0.150. The van der Waals surface area contributed by atoms with Crippen molar-refractivity contribution in [2.45, 2.75) is 19.9 Å². The van der Waals surface area contributed by atoms with Gasteiger partial charge in [-0.1, -0.05) is 18.2 Å².